The van der Waals surface area contributed by atoms with Gasteiger partial charge in [-0.2, -0.15) is 0 Å². The minimum atomic E-state index is -2.84. The Balaban J connectivity index is 1.77. The lowest BCUT2D eigenvalue weighted by Crippen LogP contribution is -2.23. The fourth-order valence-electron chi connectivity index (χ4n) is 4.44. The fraction of sp³-hybridized carbons (Fsp3) is 0.522. The Morgan fingerprint density at radius 2 is 2.00 bits per heavy atom. The summed E-state index contributed by atoms with van der Waals surface area (Å²) in [5, 5.41) is 8.44. The average molecular weight is 457 g/mol. The molecule has 8 nitrogen and oxygen atoms in total. The fourth-order valence-corrected chi connectivity index (χ4v) is 5.02. The van der Waals surface area contributed by atoms with Crippen LogP contribution in [0.4, 0.5) is 5.95 Å². The van der Waals surface area contributed by atoms with E-state index in [4.69, 9.17) is 14.6 Å². The van der Waals surface area contributed by atoms with Crippen LogP contribution in [0.1, 0.15) is 51.1 Å². The van der Waals surface area contributed by atoms with Crippen LogP contribution in [0.2, 0.25) is 0 Å². The molecule has 172 valence electrons. The van der Waals surface area contributed by atoms with Crippen molar-refractivity contribution in [2.24, 2.45) is 5.92 Å². The second-order valence-electron chi connectivity index (χ2n) is 9.05. The minimum absolute atomic E-state index is 0.0944. The van der Waals surface area contributed by atoms with Crippen LogP contribution in [-0.4, -0.2) is 49.8 Å². The number of pyridine rings is 1. The van der Waals surface area contributed by atoms with E-state index in [1.807, 2.05) is 23.7 Å². The molecule has 0 aromatic carbocycles. The first-order valence-electron chi connectivity index (χ1n) is 11.1. The third kappa shape index (κ3) is 4.78. The van der Waals surface area contributed by atoms with E-state index in [1.54, 1.807) is 19.4 Å². The summed E-state index contributed by atoms with van der Waals surface area (Å²) >= 11 is 0. The van der Waals surface area contributed by atoms with Crippen molar-refractivity contribution >= 4 is 21.2 Å². The van der Waals surface area contributed by atoms with Gasteiger partial charge >= 0.3 is 0 Å². The van der Waals surface area contributed by atoms with E-state index in [-0.39, 0.29) is 6.04 Å². The Bertz CT molecular complexity index is 1180. The number of hydrogen-bond donors (Lipinski definition) is 2. The highest BCUT2D eigenvalue weighted by atomic mass is 32.2. The van der Waals surface area contributed by atoms with E-state index in [2.05, 4.69) is 28.3 Å². The zero-order valence-corrected chi connectivity index (χ0v) is 20.0. The van der Waals surface area contributed by atoms with Crippen molar-refractivity contribution < 1.29 is 8.95 Å². The molecule has 3 aromatic rings. The molecule has 3 aromatic heterocycles. The largest absolute Gasteiger partial charge is 0.383 e. The van der Waals surface area contributed by atoms with Crippen molar-refractivity contribution in [2.75, 3.05) is 25.3 Å². The van der Waals surface area contributed by atoms with E-state index in [9.17, 15) is 4.21 Å². The summed E-state index contributed by atoms with van der Waals surface area (Å²) in [6, 6.07) is 5.86. The second-order valence-corrected chi connectivity index (χ2v) is 11.2. The molecule has 1 fully saturated rings. The molecule has 9 heteroatoms. The Labute approximate surface area is 189 Å². The highest BCUT2D eigenvalue weighted by molar-refractivity contribution is 7.91. The number of ether oxygens (including phenoxy) is 1. The van der Waals surface area contributed by atoms with E-state index in [1.165, 1.54) is 24.8 Å². The lowest BCUT2D eigenvalue weighted by Gasteiger charge is -2.25. The highest BCUT2D eigenvalue weighted by Gasteiger charge is 2.25. The van der Waals surface area contributed by atoms with Crippen molar-refractivity contribution in [3.63, 3.8) is 0 Å². The molecule has 1 aliphatic carbocycles. The van der Waals surface area contributed by atoms with Crippen LogP contribution in [0.5, 0.6) is 0 Å². The number of anilines is 1. The summed E-state index contributed by atoms with van der Waals surface area (Å²) in [6.07, 6.45) is 9.67. The zero-order chi connectivity index (χ0) is 22.9. The van der Waals surface area contributed by atoms with Gasteiger partial charge in [0.05, 0.1) is 28.0 Å². The molecule has 0 unspecified atom stereocenters. The van der Waals surface area contributed by atoms with Gasteiger partial charge in [0.25, 0.3) is 0 Å². The molecule has 4 rings (SSSR count). The molecule has 0 bridgehead atoms. The molecule has 32 heavy (non-hydrogen) atoms. The van der Waals surface area contributed by atoms with Crippen LogP contribution in [0.25, 0.3) is 16.6 Å². The number of hydrogen-bond acceptors (Lipinski definition) is 7. The topological polar surface area (TPSA) is 105 Å². The molecule has 1 saturated carbocycles. The lowest BCUT2D eigenvalue weighted by atomic mass is 9.81. The maximum absolute atomic E-state index is 12.0. The Morgan fingerprint density at radius 1 is 1.25 bits per heavy atom. The zero-order valence-electron chi connectivity index (χ0n) is 19.2. The van der Waals surface area contributed by atoms with E-state index in [0.717, 1.165) is 35.4 Å². The molecule has 0 saturated heterocycles. The van der Waals surface area contributed by atoms with Gasteiger partial charge in [-0.25, -0.2) is 23.5 Å². The number of nitrogens with zero attached hydrogens (tertiary/aromatic N) is 4. The van der Waals surface area contributed by atoms with Crippen molar-refractivity contribution in [3.8, 4) is 11.1 Å². The summed E-state index contributed by atoms with van der Waals surface area (Å²) < 4.78 is 27.0. The van der Waals surface area contributed by atoms with Gasteiger partial charge in [0.1, 0.15) is 5.03 Å². The molecular formula is C23H32N6O2S. The van der Waals surface area contributed by atoms with Crippen LogP contribution in [0.15, 0.2) is 35.6 Å². The molecule has 3 heterocycles. The normalized spacial score (nSPS) is 21.9. The number of nitrogens with one attached hydrogen (secondary N) is 2. The summed E-state index contributed by atoms with van der Waals surface area (Å²) in [6.45, 7) is 4.93. The predicted molar refractivity (Wildman–Crippen MR) is 127 cm³/mol. The second kappa shape index (κ2) is 9.15. The number of rotatable bonds is 7. The van der Waals surface area contributed by atoms with Crippen LogP contribution >= 0.6 is 0 Å². The Hall–Kier alpha value is -2.52. The molecule has 1 aliphatic rings. The maximum Gasteiger partial charge on any atom is 0.241 e. The first kappa shape index (κ1) is 22.7. The first-order chi connectivity index (χ1) is 15.3. The molecule has 0 aliphatic heterocycles. The predicted octanol–water partition coefficient (Wildman–Crippen LogP) is 4.57. The minimum Gasteiger partial charge on any atom is -0.383 e. The Kier molecular flexibility index (Phi) is 6.48. The van der Waals surface area contributed by atoms with Crippen molar-refractivity contribution in [3.05, 3.63) is 36.3 Å². The van der Waals surface area contributed by atoms with Gasteiger partial charge in [0, 0.05) is 48.3 Å². The molecule has 2 atom stereocenters. The van der Waals surface area contributed by atoms with Crippen LogP contribution < -0.4 is 5.32 Å². The van der Waals surface area contributed by atoms with Gasteiger partial charge in [-0.15, -0.1) is 5.10 Å². The summed E-state index contributed by atoms with van der Waals surface area (Å²) in [5.74, 6) is 1.79. The third-order valence-electron chi connectivity index (χ3n) is 6.22. The maximum atomic E-state index is 12.0. The lowest BCUT2D eigenvalue weighted by molar-refractivity contribution is 0.190. The van der Waals surface area contributed by atoms with E-state index in [0.29, 0.717) is 23.5 Å². The van der Waals surface area contributed by atoms with Gasteiger partial charge in [0.15, 0.2) is 0 Å². The molecule has 0 amide bonds. The monoisotopic (exact) mass is 456 g/mol. The average Bonchev–Trinajstić information content (AvgIpc) is 3.13. The van der Waals surface area contributed by atoms with Crippen molar-refractivity contribution in [2.45, 2.75) is 56.5 Å². The summed E-state index contributed by atoms with van der Waals surface area (Å²) in [5.41, 5.74) is 4.01. The first-order valence-corrected chi connectivity index (χ1v) is 13.1. The Morgan fingerprint density at radius 3 is 2.62 bits per heavy atom. The quantitative estimate of drug-likeness (QED) is 0.540. The molecular weight excluding hydrogens is 424 g/mol. The summed E-state index contributed by atoms with van der Waals surface area (Å²) in [7, 11) is -1.16. The standard InChI is InChI=1S/C23H32N6O2S/c1-15-5-7-17(8-6-15)20-11-19(18-9-10-22(25-12-18)32(4,24)30)21-13-26-23(28-29(20)21)27-16(2)14-31-3/h9-13,15-17,24H,5-8,14H2,1-4H3,(H,27,28)/t15?,16-,17?,32-/m0/s1. The van der Waals surface area contributed by atoms with Gasteiger partial charge in [-0.1, -0.05) is 19.8 Å². The third-order valence-corrected chi connectivity index (χ3v) is 7.26. The number of methoxy groups -OCH3 is 1. The van der Waals surface area contributed by atoms with Gasteiger partial charge in [0.2, 0.25) is 5.95 Å². The van der Waals surface area contributed by atoms with Crippen LogP contribution in [0, 0.1) is 10.7 Å². The van der Waals surface area contributed by atoms with Gasteiger partial charge < -0.3 is 10.1 Å². The van der Waals surface area contributed by atoms with Gasteiger partial charge in [-0.05, 0) is 43.9 Å². The smallest absolute Gasteiger partial charge is 0.241 e. The van der Waals surface area contributed by atoms with Crippen molar-refractivity contribution in [1.29, 1.82) is 4.78 Å². The number of fused-ring (bicyclic) bond motifs is 1. The van der Waals surface area contributed by atoms with E-state index < -0.39 is 9.73 Å². The molecule has 2 N–H and O–H groups in total. The molecule has 0 radical (unpaired) electrons. The summed E-state index contributed by atoms with van der Waals surface area (Å²) in [4.78, 5) is 8.85. The molecule has 0 spiro atoms. The van der Waals surface area contributed by atoms with Crippen LogP contribution in [0.3, 0.4) is 0 Å². The SMILES string of the molecule is COC[C@H](C)Nc1ncc2c(-c3ccc([S@@](C)(=N)=O)nc3)cc(C3CCC(C)CC3)n2n1. The van der Waals surface area contributed by atoms with E-state index >= 15 is 0 Å². The van der Waals surface area contributed by atoms with Crippen molar-refractivity contribution in [1.82, 2.24) is 19.6 Å². The number of aromatic nitrogens is 4. The van der Waals surface area contributed by atoms with Crippen LogP contribution in [-0.2, 0) is 14.5 Å². The highest BCUT2D eigenvalue weighted by Crippen LogP contribution is 2.39. The van der Waals surface area contributed by atoms with Gasteiger partial charge in [-0.3, -0.25) is 0 Å².